The van der Waals surface area contributed by atoms with Crippen LogP contribution in [-0.4, -0.2) is 35.0 Å². The third-order valence-electron chi connectivity index (χ3n) is 6.50. The summed E-state index contributed by atoms with van der Waals surface area (Å²) in [7, 11) is 1.63. The smallest absolute Gasteiger partial charge is 0.332 e. The van der Waals surface area contributed by atoms with Crippen LogP contribution in [0.15, 0.2) is 78.9 Å². The zero-order valence-electron chi connectivity index (χ0n) is 17.5. The summed E-state index contributed by atoms with van der Waals surface area (Å²) in [6.07, 6.45) is 0.486. The normalized spacial score (nSPS) is 19.9. The number of hydrogen-bond donors (Lipinski definition) is 1. The molecular weight excluding hydrogens is 402 g/mol. The maximum Gasteiger partial charge on any atom is 0.332 e. The van der Waals surface area contributed by atoms with Gasteiger partial charge in [-0.25, -0.2) is 9.69 Å². The van der Waals surface area contributed by atoms with Crippen molar-refractivity contribution < 1.29 is 14.3 Å². The fourth-order valence-electron chi connectivity index (χ4n) is 5.02. The third-order valence-corrected chi connectivity index (χ3v) is 6.50. The molecule has 6 nitrogen and oxygen atoms in total. The molecule has 0 radical (unpaired) electrons. The number of anilines is 1. The van der Waals surface area contributed by atoms with Crippen LogP contribution in [-0.2, 0) is 11.2 Å². The second-order valence-electron chi connectivity index (χ2n) is 8.16. The van der Waals surface area contributed by atoms with Crippen molar-refractivity contribution in [2.75, 3.05) is 12.0 Å². The number of para-hydroxylation sites is 2. The number of fused-ring (bicyclic) bond motifs is 4. The molecule has 0 spiro atoms. The highest BCUT2D eigenvalue weighted by Crippen LogP contribution is 2.45. The van der Waals surface area contributed by atoms with Crippen LogP contribution in [0.2, 0.25) is 0 Å². The van der Waals surface area contributed by atoms with Crippen LogP contribution in [0.5, 0.6) is 5.75 Å². The molecule has 4 aromatic rings. The van der Waals surface area contributed by atoms with Crippen LogP contribution in [0.25, 0.3) is 10.9 Å². The van der Waals surface area contributed by atoms with Crippen LogP contribution < -0.4 is 9.64 Å². The molecule has 0 bridgehead atoms. The zero-order valence-corrected chi connectivity index (χ0v) is 17.5. The summed E-state index contributed by atoms with van der Waals surface area (Å²) in [4.78, 5) is 33.8. The molecule has 3 heterocycles. The monoisotopic (exact) mass is 423 g/mol. The number of methoxy groups -OCH3 is 1. The maximum absolute atomic E-state index is 13.7. The molecule has 3 aromatic carbocycles. The van der Waals surface area contributed by atoms with E-state index < -0.39 is 12.1 Å². The van der Waals surface area contributed by atoms with Crippen molar-refractivity contribution in [3.63, 3.8) is 0 Å². The third kappa shape index (κ3) is 2.59. The van der Waals surface area contributed by atoms with Gasteiger partial charge >= 0.3 is 6.03 Å². The Morgan fingerprint density at radius 3 is 2.38 bits per heavy atom. The molecule has 1 saturated heterocycles. The molecule has 1 N–H and O–H groups in total. The van der Waals surface area contributed by atoms with E-state index in [0.29, 0.717) is 12.1 Å². The lowest BCUT2D eigenvalue weighted by molar-refractivity contribution is -0.120. The first-order valence-electron chi connectivity index (χ1n) is 10.6. The second kappa shape index (κ2) is 6.99. The summed E-state index contributed by atoms with van der Waals surface area (Å²) in [5, 5.41) is 1.10. The standard InChI is InChI=1S/C26H21N3O3/c1-32-18-13-11-16(12-14-18)24-23-20(19-9-5-6-10-21(19)27-23)15-22-25(30)28(26(31)29(22)24)17-7-3-2-4-8-17/h2-14,22,24,27H,15H2,1H3. The molecule has 1 fully saturated rings. The lowest BCUT2D eigenvalue weighted by Gasteiger charge is -2.36. The van der Waals surface area contributed by atoms with Crippen molar-refractivity contribution in [1.29, 1.82) is 0 Å². The van der Waals surface area contributed by atoms with Crippen molar-refractivity contribution in [3.8, 4) is 5.75 Å². The molecular formula is C26H21N3O3. The van der Waals surface area contributed by atoms with E-state index >= 15 is 0 Å². The van der Waals surface area contributed by atoms with E-state index in [-0.39, 0.29) is 11.9 Å². The topological polar surface area (TPSA) is 65.6 Å². The summed E-state index contributed by atoms with van der Waals surface area (Å²) in [6.45, 7) is 0. The Hall–Kier alpha value is -4.06. The lowest BCUT2D eigenvalue weighted by atomic mass is 9.89. The molecule has 32 heavy (non-hydrogen) atoms. The van der Waals surface area contributed by atoms with Gasteiger partial charge < -0.3 is 9.72 Å². The minimum absolute atomic E-state index is 0.185. The van der Waals surface area contributed by atoms with Gasteiger partial charge in [-0.1, -0.05) is 48.5 Å². The van der Waals surface area contributed by atoms with Crippen molar-refractivity contribution in [3.05, 3.63) is 95.7 Å². The number of nitrogens with zero attached hydrogens (tertiary/aromatic N) is 2. The van der Waals surface area contributed by atoms with Gasteiger partial charge in [0.05, 0.1) is 12.8 Å². The number of hydrogen-bond acceptors (Lipinski definition) is 3. The van der Waals surface area contributed by atoms with E-state index in [1.807, 2.05) is 60.7 Å². The molecule has 1 aromatic heterocycles. The van der Waals surface area contributed by atoms with Gasteiger partial charge in [0.15, 0.2) is 0 Å². The van der Waals surface area contributed by atoms with Gasteiger partial charge in [-0.05, 0) is 41.5 Å². The number of nitrogens with one attached hydrogen (secondary N) is 1. The van der Waals surface area contributed by atoms with E-state index in [2.05, 4.69) is 11.1 Å². The predicted molar refractivity (Wildman–Crippen MR) is 122 cm³/mol. The van der Waals surface area contributed by atoms with Gasteiger partial charge in [0.1, 0.15) is 17.8 Å². The van der Waals surface area contributed by atoms with Gasteiger partial charge in [0.2, 0.25) is 0 Å². The summed E-state index contributed by atoms with van der Waals surface area (Å²) in [5.41, 5.74) is 4.60. The fraction of sp³-hybridized carbons (Fsp3) is 0.154. The Kier molecular flexibility index (Phi) is 4.08. The summed E-state index contributed by atoms with van der Waals surface area (Å²) in [5.74, 6) is 0.559. The predicted octanol–water partition coefficient (Wildman–Crippen LogP) is 4.66. The Morgan fingerprint density at radius 2 is 1.62 bits per heavy atom. The molecule has 2 aliphatic heterocycles. The number of amides is 3. The molecule has 0 saturated carbocycles. The number of carbonyl (C=O) groups is 2. The van der Waals surface area contributed by atoms with Crippen LogP contribution in [0.3, 0.4) is 0 Å². The SMILES string of the molecule is COc1ccc(C2c3[nH]c4ccccc4c3CC3C(=O)N(c4ccccc4)C(=O)N32)cc1. The number of rotatable bonds is 3. The number of ether oxygens (including phenoxy) is 1. The minimum atomic E-state index is -0.554. The van der Waals surface area contributed by atoms with Crippen molar-refractivity contribution in [2.24, 2.45) is 0 Å². The molecule has 0 aliphatic carbocycles. The van der Waals surface area contributed by atoms with Gasteiger partial charge in [-0.3, -0.25) is 9.69 Å². The first-order valence-corrected chi connectivity index (χ1v) is 10.6. The van der Waals surface area contributed by atoms with Crippen molar-refractivity contribution in [2.45, 2.75) is 18.5 Å². The zero-order chi connectivity index (χ0) is 21.8. The Bertz CT molecular complexity index is 1340. The van der Waals surface area contributed by atoms with E-state index in [1.165, 1.54) is 4.90 Å². The Morgan fingerprint density at radius 1 is 0.906 bits per heavy atom. The van der Waals surface area contributed by atoms with Crippen LogP contribution >= 0.6 is 0 Å². The molecule has 2 atom stereocenters. The number of urea groups is 1. The van der Waals surface area contributed by atoms with Gasteiger partial charge in [0, 0.05) is 23.0 Å². The van der Waals surface area contributed by atoms with E-state index in [4.69, 9.17) is 4.74 Å². The number of carbonyl (C=O) groups excluding carboxylic acids is 2. The van der Waals surface area contributed by atoms with Crippen LogP contribution in [0.4, 0.5) is 10.5 Å². The fourth-order valence-corrected chi connectivity index (χ4v) is 5.02. The summed E-state index contributed by atoms with van der Waals surface area (Å²) >= 11 is 0. The first-order chi connectivity index (χ1) is 15.7. The minimum Gasteiger partial charge on any atom is -0.497 e. The van der Waals surface area contributed by atoms with E-state index in [9.17, 15) is 9.59 Å². The number of H-pyrrole nitrogens is 1. The summed E-state index contributed by atoms with van der Waals surface area (Å²) in [6, 6.07) is 23.7. The second-order valence-corrected chi connectivity index (χ2v) is 8.16. The first kappa shape index (κ1) is 18.7. The average molecular weight is 423 g/mol. The quantitative estimate of drug-likeness (QED) is 0.488. The van der Waals surface area contributed by atoms with Gasteiger partial charge in [0.25, 0.3) is 5.91 Å². The highest BCUT2D eigenvalue weighted by atomic mass is 16.5. The van der Waals surface area contributed by atoms with E-state index in [1.54, 1.807) is 24.1 Å². The highest BCUT2D eigenvalue weighted by molar-refractivity contribution is 6.22. The maximum atomic E-state index is 13.7. The highest BCUT2D eigenvalue weighted by Gasteiger charge is 2.53. The van der Waals surface area contributed by atoms with Crippen molar-refractivity contribution >= 4 is 28.5 Å². The number of aromatic amines is 1. The number of imide groups is 1. The molecule has 2 unspecified atom stereocenters. The molecule has 6 heteroatoms. The Balaban J connectivity index is 1.54. The van der Waals surface area contributed by atoms with Crippen molar-refractivity contribution in [1.82, 2.24) is 9.88 Å². The van der Waals surface area contributed by atoms with E-state index in [0.717, 1.165) is 33.5 Å². The number of aromatic nitrogens is 1. The molecule has 158 valence electrons. The molecule has 2 aliphatic rings. The Labute approximate surface area is 185 Å². The molecule has 6 rings (SSSR count). The average Bonchev–Trinajstić information content (AvgIpc) is 3.33. The van der Waals surface area contributed by atoms with Gasteiger partial charge in [-0.15, -0.1) is 0 Å². The largest absolute Gasteiger partial charge is 0.497 e. The van der Waals surface area contributed by atoms with Gasteiger partial charge in [-0.2, -0.15) is 0 Å². The van der Waals surface area contributed by atoms with Crippen LogP contribution in [0.1, 0.15) is 22.9 Å². The van der Waals surface area contributed by atoms with Crippen LogP contribution in [0, 0.1) is 0 Å². The summed E-state index contributed by atoms with van der Waals surface area (Å²) < 4.78 is 5.32. The number of benzene rings is 3. The lowest BCUT2D eigenvalue weighted by Crippen LogP contribution is -2.44. The molecule has 3 amide bonds.